The van der Waals surface area contributed by atoms with Gasteiger partial charge in [0.25, 0.3) is 0 Å². The SMILES string of the molecule is NC(=O)C1NCc2ccc(CC(C(=O)Cl)C(c3ccccc3)c3ccccc3)cc21. The second-order valence-electron chi connectivity index (χ2n) is 7.66. The molecule has 0 saturated carbocycles. The van der Waals surface area contributed by atoms with Crippen LogP contribution in [-0.4, -0.2) is 11.1 Å². The highest BCUT2D eigenvalue weighted by atomic mass is 35.5. The molecule has 5 heteroatoms. The Morgan fingerprint density at radius 1 is 0.967 bits per heavy atom. The van der Waals surface area contributed by atoms with Gasteiger partial charge in [-0.3, -0.25) is 14.9 Å². The first-order chi connectivity index (χ1) is 14.5. The van der Waals surface area contributed by atoms with E-state index in [1.807, 2.05) is 78.9 Å². The molecule has 0 aromatic heterocycles. The number of carbonyl (C=O) groups is 2. The Balaban J connectivity index is 1.72. The normalized spacial score (nSPS) is 16.3. The highest BCUT2D eigenvalue weighted by Crippen LogP contribution is 2.36. The summed E-state index contributed by atoms with van der Waals surface area (Å²) in [5.41, 5.74) is 10.5. The average molecular weight is 419 g/mol. The third-order valence-corrected chi connectivity index (χ3v) is 6.05. The molecule has 0 fully saturated rings. The summed E-state index contributed by atoms with van der Waals surface area (Å²) in [6.07, 6.45) is 0.468. The largest absolute Gasteiger partial charge is 0.368 e. The second kappa shape index (κ2) is 8.82. The molecule has 4 rings (SSSR count). The molecule has 0 bridgehead atoms. The van der Waals surface area contributed by atoms with Crippen LogP contribution >= 0.6 is 11.6 Å². The van der Waals surface area contributed by atoms with Crippen LogP contribution in [0.2, 0.25) is 0 Å². The van der Waals surface area contributed by atoms with E-state index >= 15 is 0 Å². The molecule has 0 spiro atoms. The van der Waals surface area contributed by atoms with Crippen LogP contribution in [0, 0.1) is 5.92 Å². The van der Waals surface area contributed by atoms with Gasteiger partial charge in [-0.1, -0.05) is 78.9 Å². The first-order valence-corrected chi connectivity index (χ1v) is 10.4. The lowest BCUT2D eigenvalue weighted by Gasteiger charge is -2.26. The van der Waals surface area contributed by atoms with E-state index in [0.717, 1.165) is 27.8 Å². The molecule has 3 N–H and O–H groups in total. The summed E-state index contributed by atoms with van der Waals surface area (Å²) in [4.78, 5) is 24.4. The van der Waals surface area contributed by atoms with Crippen molar-refractivity contribution in [2.24, 2.45) is 11.7 Å². The minimum Gasteiger partial charge on any atom is -0.368 e. The summed E-state index contributed by atoms with van der Waals surface area (Å²) in [5.74, 6) is -1.02. The molecule has 2 atom stereocenters. The van der Waals surface area contributed by atoms with Crippen molar-refractivity contribution in [1.29, 1.82) is 0 Å². The molecule has 0 aliphatic carbocycles. The molecule has 1 amide bonds. The van der Waals surface area contributed by atoms with Gasteiger partial charge in [0, 0.05) is 18.4 Å². The highest BCUT2D eigenvalue weighted by molar-refractivity contribution is 6.64. The van der Waals surface area contributed by atoms with Crippen molar-refractivity contribution in [3.63, 3.8) is 0 Å². The lowest BCUT2D eigenvalue weighted by atomic mass is 9.78. The van der Waals surface area contributed by atoms with Crippen molar-refractivity contribution in [1.82, 2.24) is 5.32 Å². The van der Waals surface area contributed by atoms with Gasteiger partial charge in [0.15, 0.2) is 0 Å². The summed E-state index contributed by atoms with van der Waals surface area (Å²) >= 11 is 6.16. The Kier molecular flexibility index (Phi) is 5.98. The van der Waals surface area contributed by atoms with Crippen LogP contribution in [0.1, 0.15) is 39.8 Å². The van der Waals surface area contributed by atoms with Gasteiger partial charge in [0.1, 0.15) is 6.04 Å². The minimum atomic E-state index is -0.496. The van der Waals surface area contributed by atoms with Crippen molar-refractivity contribution in [3.8, 4) is 0 Å². The van der Waals surface area contributed by atoms with Crippen molar-refractivity contribution in [3.05, 3.63) is 107 Å². The number of amides is 1. The summed E-state index contributed by atoms with van der Waals surface area (Å²) < 4.78 is 0. The number of nitrogens with one attached hydrogen (secondary N) is 1. The van der Waals surface area contributed by atoms with Crippen molar-refractivity contribution >= 4 is 22.8 Å². The Labute approximate surface area is 181 Å². The van der Waals surface area contributed by atoms with Crippen LogP contribution < -0.4 is 11.1 Å². The first-order valence-electron chi connectivity index (χ1n) is 9.98. The molecule has 30 heavy (non-hydrogen) atoms. The van der Waals surface area contributed by atoms with Crippen LogP contribution in [0.15, 0.2) is 78.9 Å². The van der Waals surface area contributed by atoms with E-state index in [9.17, 15) is 9.59 Å². The zero-order chi connectivity index (χ0) is 21.1. The van der Waals surface area contributed by atoms with Crippen LogP contribution in [-0.2, 0) is 22.6 Å². The maximum atomic E-state index is 12.6. The number of nitrogens with two attached hydrogens (primary N) is 1. The van der Waals surface area contributed by atoms with Gasteiger partial charge < -0.3 is 5.73 Å². The predicted molar refractivity (Wildman–Crippen MR) is 118 cm³/mol. The lowest BCUT2D eigenvalue weighted by Crippen LogP contribution is -2.28. The van der Waals surface area contributed by atoms with Crippen molar-refractivity contribution < 1.29 is 9.59 Å². The van der Waals surface area contributed by atoms with E-state index in [2.05, 4.69) is 5.32 Å². The standard InChI is InChI=1S/C25H23ClN2O2/c26-24(29)21(14-16-11-12-19-15-28-23(25(27)30)20(19)13-16)22(17-7-3-1-4-8-17)18-9-5-2-6-10-18/h1-13,21-23,28H,14-15H2,(H2,27,30). The Morgan fingerprint density at radius 2 is 1.57 bits per heavy atom. The van der Waals surface area contributed by atoms with Gasteiger partial charge in [0.05, 0.1) is 0 Å². The zero-order valence-electron chi connectivity index (χ0n) is 16.4. The fourth-order valence-corrected chi connectivity index (χ4v) is 4.54. The number of halogens is 1. The monoisotopic (exact) mass is 418 g/mol. The molecule has 4 nitrogen and oxygen atoms in total. The number of carbonyl (C=O) groups excluding carboxylic acids is 2. The van der Waals surface area contributed by atoms with Crippen molar-refractivity contribution in [2.75, 3.05) is 0 Å². The fraction of sp³-hybridized carbons (Fsp3) is 0.200. The van der Waals surface area contributed by atoms with Gasteiger partial charge in [-0.25, -0.2) is 0 Å². The molecule has 3 aromatic carbocycles. The molecule has 1 aliphatic heterocycles. The Morgan fingerprint density at radius 3 is 2.10 bits per heavy atom. The molecule has 0 radical (unpaired) electrons. The van der Waals surface area contributed by atoms with Gasteiger partial charge >= 0.3 is 0 Å². The van der Waals surface area contributed by atoms with Crippen LogP contribution in [0.25, 0.3) is 0 Å². The Bertz CT molecular complexity index is 1010. The van der Waals surface area contributed by atoms with E-state index in [1.54, 1.807) is 0 Å². The number of hydrogen-bond acceptors (Lipinski definition) is 3. The van der Waals surface area contributed by atoms with E-state index < -0.39 is 17.9 Å². The van der Waals surface area contributed by atoms with E-state index in [4.69, 9.17) is 17.3 Å². The topological polar surface area (TPSA) is 72.2 Å². The van der Waals surface area contributed by atoms with Crippen LogP contribution in [0.5, 0.6) is 0 Å². The average Bonchev–Trinajstić information content (AvgIpc) is 3.18. The molecule has 1 heterocycles. The molecular formula is C25H23ClN2O2. The van der Waals surface area contributed by atoms with E-state index in [-0.39, 0.29) is 11.2 Å². The molecule has 1 aliphatic rings. The van der Waals surface area contributed by atoms with Crippen LogP contribution in [0.4, 0.5) is 0 Å². The van der Waals surface area contributed by atoms with E-state index in [1.165, 1.54) is 0 Å². The van der Waals surface area contributed by atoms with Crippen LogP contribution in [0.3, 0.4) is 0 Å². The summed E-state index contributed by atoms with van der Waals surface area (Å²) in [5, 5.41) is 2.75. The summed E-state index contributed by atoms with van der Waals surface area (Å²) in [7, 11) is 0. The maximum absolute atomic E-state index is 12.6. The van der Waals surface area contributed by atoms with Crippen molar-refractivity contribution in [2.45, 2.75) is 24.9 Å². The number of primary amides is 1. The third-order valence-electron chi connectivity index (χ3n) is 5.77. The quantitative estimate of drug-likeness (QED) is 0.568. The molecular weight excluding hydrogens is 396 g/mol. The highest BCUT2D eigenvalue weighted by Gasteiger charge is 2.31. The number of benzene rings is 3. The summed E-state index contributed by atoms with van der Waals surface area (Å²) in [6.45, 7) is 0.609. The maximum Gasteiger partial charge on any atom is 0.239 e. The lowest BCUT2D eigenvalue weighted by molar-refractivity contribution is -0.120. The van der Waals surface area contributed by atoms with Gasteiger partial charge in [-0.15, -0.1) is 0 Å². The molecule has 152 valence electrons. The number of rotatable bonds is 7. The van der Waals surface area contributed by atoms with E-state index in [0.29, 0.717) is 13.0 Å². The smallest absolute Gasteiger partial charge is 0.239 e. The number of hydrogen-bond donors (Lipinski definition) is 2. The summed E-state index contributed by atoms with van der Waals surface area (Å²) in [6, 6.07) is 25.4. The number of fused-ring (bicyclic) bond motifs is 1. The van der Waals surface area contributed by atoms with Gasteiger partial charge in [-0.2, -0.15) is 0 Å². The predicted octanol–water partition coefficient (Wildman–Crippen LogP) is 4.07. The van der Waals surface area contributed by atoms with Gasteiger partial charge in [-0.05, 0) is 45.8 Å². The molecule has 2 unspecified atom stereocenters. The first kappa shape index (κ1) is 20.3. The minimum absolute atomic E-state index is 0.171. The third kappa shape index (κ3) is 4.16. The fourth-order valence-electron chi connectivity index (χ4n) is 4.34. The molecule has 0 saturated heterocycles. The zero-order valence-corrected chi connectivity index (χ0v) is 17.2. The molecule has 3 aromatic rings. The van der Waals surface area contributed by atoms with Gasteiger partial charge in [0.2, 0.25) is 11.1 Å². The second-order valence-corrected chi connectivity index (χ2v) is 8.04. The Hall–Kier alpha value is -2.95.